The molecule has 0 spiro atoms. The van der Waals surface area contributed by atoms with E-state index in [9.17, 15) is 67.7 Å². The van der Waals surface area contributed by atoms with Gasteiger partial charge in [-0.3, -0.25) is 91.5 Å². The van der Waals surface area contributed by atoms with Crippen LogP contribution in [0.4, 0.5) is 0 Å². The highest BCUT2D eigenvalue weighted by atomic mass is 32.2. The Bertz CT molecular complexity index is 3880. The van der Waals surface area contributed by atoms with Gasteiger partial charge in [0.1, 0.15) is 63.6 Å². The van der Waals surface area contributed by atoms with E-state index in [1.54, 1.807) is 13.8 Å². The first kappa shape index (κ1) is 111. The number of ketones is 12. The second-order valence-electron chi connectivity index (χ2n) is 37.2. The van der Waals surface area contributed by atoms with E-state index in [0.717, 1.165) is 17.3 Å². The van der Waals surface area contributed by atoms with Crippen LogP contribution in [0.3, 0.4) is 0 Å². The average molecular weight is 1830 g/mol. The number of Topliss-reactive ketones (excluding diaryl/α,β-unsaturated/α-hetero) is 12. The van der Waals surface area contributed by atoms with Gasteiger partial charge in [-0.1, -0.05) is 112 Å². The molecule has 3 aliphatic heterocycles. The Kier molecular flexibility index (Phi) is 51.6. The Morgan fingerprint density at radius 2 is 1.13 bits per heavy atom. The first-order chi connectivity index (χ1) is 60.0. The van der Waals surface area contributed by atoms with Crippen LogP contribution in [0.1, 0.15) is 268 Å². The summed E-state index contributed by atoms with van der Waals surface area (Å²) in [5.74, 6) is -16.9. The number of aliphatic hydroxyl groups excluding tert-OH is 1. The quantitative estimate of drug-likeness (QED) is 0.0202. The lowest BCUT2D eigenvalue weighted by atomic mass is 9.78. The third kappa shape index (κ3) is 41.9. The van der Waals surface area contributed by atoms with Crippen molar-refractivity contribution in [2.24, 2.45) is 122 Å². The topological polar surface area (TPSA) is 472 Å². The van der Waals surface area contributed by atoms with Gasteiger partial charge in [0.2, 0.25) is 23.6 Å². The van der Waals surface area contributed by atoms with Crippen molar-refractivity contribution in [1.29, 1.82) is 0 Å². The summed E-state index contributed by atoms with van der Waals surface area (Å²) in [5.41, 5.74) is 22.9. The third-order valence-electron chi connectivity index (χ3n) is 24.6. The number of aliphatic hydroxyl groups is 1. The fourth-order valence-corrected chi connectivity index (χ4v) is 20.4. The number of fused-ring (bicyclic) bond motifs is 3. The van der Waals surface area contributed by atoms with Gasteiger partial charge < -0.3 is 52.7 Å². The minimum absolute atomic E-state index is 0.0134. The molecule has 712 valence electrons. The van der Waals surface area contributed by atoms with Crippen LogP contribution in [-0.4, -0.2) is 227 Å². The van der Waals surface area contributed by atoms with Crippen LogP contribution in [0.2, 0.25) is 0 Å². The molecule has 1 aromatic carbocycles. The number of carboxylic acid groups (broad SMARTS) is 1. The number of amides is 4. The number of benzene rings is 1. The van der Waals surface area contributed by atoms with Gasteiger partial charge >= 0.3 is 5.97 Å². The van der Waals surface area contributed by atoms with E-state index in [1.807, 2.05) is 85.7 Å². The molecule has 1 unspecified atom stereocenters. The zero-order chi connectivity index (χ0) is 94.7. The van der Waals surface area contributed by atoms with Gasteiger partial charge in [0.15, 0.2) is 17.7 Å². The van der Waals surface area contributed by atoms with E-state index < -0.39 is 155 Å². The van der Waals surface area contributed by atoms with E-state index in [4.69, 9.17) is 22.9 Å². The van der Waals surface area contributed by atoms with Crippen molar-refractivity contribution >= 4 is 146 Å². The van der Waals surface area contributed by atoms with Gasteiger partial charge in [-0.25, -0.2) is 0 Å². The highest BCUT2D eigenvalue weighted by Crippen LogP contribution is 2.35. The number of nitrogens with zero attached hydrogens (tertiary/aromatic N) is 6. The number of thioether (sulfide) groups is 3. The number of carbonyl (C=O) groups excluding carboxylic acids is 16. The first-order valence-corrected chi connectivity index (χ1v) is 49.7. The number of carboxylic acids is 1. The molecule has 0 aromatic heterocycles. The number of aliphatic imine (C=N–C) groups is 2. The second kappa shape index (κ2) is 58.7. The van der Waals surface area contributed by atoms with E-state index in [2.05, 4.69) is 9.98 Å². The molecule has 1 aromatic rings. The van der Waals surface area contributed by atoms with Crippen LogP contribution in [-0.2, 0) is 87.9 Å². The number of rotatable bonds is 40. The molecule has 127 heavy (non-hydrogen) atoms. The maximum absolute atomic E-state index is 15.4. The molecule has 4 amide bonds. The minimum Gasteiger partial charge on any atom is -0.481 e. The molecule has 0 saturated carbocycles. The summed E-state index contributed by atoms with van der Waals surface area (Å²) in [7, 11) is 0. The first-order valence-electron chi connectivity index (χ1n) is 46.2. The van der Waals surface area contributed by atoms with Crippen LogP contribution in [0, 0.1) is 88.8 Å². The zero-order valence-electron chi connectivity index (χ0n) is 77.7. The zero-order valence-corrected chi connectivity index (χ0v) is 80.2. The van der Waals surface area contributed by atoms with E-state index in [0.29, 0.717) is 63.7 Å². The van der Waals surface area contributed by atoms with Crippen molar-refractivity contribution < 1.29 is 91.7 Å². The highest BCUT2D eigenvalue weighted by Gasteiger charge is 2.43. The summed E-state index contributed by atoms with van der Waals surface area (Å²) in [6.45, 7) is 21.6. The monoisotopic (exact) mass is 1830 g/mol. The number of carbonyl (C=O) groups is 17. The van der Waals surface area contributed by atoms with Crippen LogP contribution >= 0.6 is 35.3 Å². The van der Waals surface area contributed by atoms with Gasteiger partial charge in [-0.05, 0) is 114 Å². The molecular weight excluding hydrogens is 1680 g/mol. The molecule has 32 heteroatoms. The summed E-state index contributed by atoms with van der Waals surface area (Å²) >= 11 is 3.79. The SMILES string of the molecule is CCC(=O)[C@H](CC(=O)[C@@H](CSCCC(=O)N1CN2CN(C1)C(=O)CCSC[C@@H](CC(=O)[C@H](CCC(=O)O)CC(=O)CCCCCN=C(N)N)C(=O)C[C@H](C)C(=O)C[C@H](CC(C)C)C(=O)C[C@H](CC(C)C)C(=O)C[C@H](Cc1ccccc1)C(=O)N1CCC[C@@H]1C(=O)C[C@H](CCCCN=C(N)N)C(=O)C[C@H](C(C)O)C(=O)C[C@@H](C(C)=O)CSCCC2=O)CC(C)C)C(C)C. The van der Waals surface area contributed by atoms with Crippen molar-refractivity contribution in [2.75, 3.05) is 74.2 Å². The minimum atomic E-state index is -1.38. The van der Waals surface area contributed by atoms with Gasteiger partial charge in [0.25, 0.3) is 0 Å². The average Bonchev–Trinajstić information content (AvgIpc) is 1.76. The Hall–Kier alpha value is -7.84. The maximum Gasteiger partial charge on any atom is 0.303 e. The molecule has 3 saturated heterocycles. The normalized spacial score (nSPS) is 22.8. The molecule has 29 nitrogen and oxygen atoms in total. The number of guanidine groups is 2. The lowest BCUT2D eigenvalue weighted by Crippen LogP contribution is -2.59. The molecule has 3 fully saturated rings. The smallest absolute Gasteiger partial charge is 0.303 e. The van der Waals surface area contributed by atoms with Gasteiger partial charge in [0.05, 0.1) is 38.1 Å². The molecule has 3 aliphatic rings. The Morgan fingerprint density at radius 3 is 1.69 bits per heavy atom. The summed E-state index contributed by atoms with van der Waals surface area (Å²) in [4.78, 5) is 258. The van der Waals surface area contributed by atoms with Crippen LogP contribution < -0.4 is 22.9 Å². The summed E-state index contributed by atoms with van der Waals surface area (Å²) in [5, 5.41) is 21.2. The van der Waals surface area contributed by atoms with Crippen molar-refractivity contribution in [3.8, 4) is 0 Å². The highest BCUT2D eigenvalue weighted by molar-refractivity contribution is 7.99. The molecule has 4 rings (SSSR count). The fourth-order valence-electron chi connectivity index (χ4n) is 17.1. The maximum atomic E-state index is 15.4. The fraction of sp³-hybridized carbons (Fsp3) is 0.737. The Labute approximate surface area is 766 Å². The molecule has 3 heterocycles. The van der Waals surface area contributed by atoms with Gasteiger partial charge in [-0.15, -0.1) is 0 Å². The predicted octanol–water partition coefficient (Wildman–Crippen LogP) is 11.3. The molecular formula is C95H150N10O19S3. The number of unbranched alkanes of at least 4 members (excludes halogenated alkanes) is 3. The molecule has 10 N–H and O–H groups in total. The van der Waals surface area contributed by atoms with Gasteiger partial charge in [-0.2, -0.15) is 35.3 Å². The number of hydrogen-bond donors (Lipinski definition) is 6. The van der Waals surface area contributed by atoms with Crippen molar-refractivity contribution in [2.45, 2.75) is 281 Å². The van der Waals surface area contributed by atoms with Crippen LogP contribution in [0.25, 0.3) is 0 Å². The molecule has 0 radical (unpaired) electrons. The molecule has 13 atom stereocenters. The van der Waals surface area contributed by atoms with Crippen LogP contribution in [0.5, 0.6) is 0 Å². The van der Waals surface area contributed by atoms with Crippen molar-refractivity contribution in [3.05, 3.63) is 35.9 Å². The van der Waals surface area contributed by atoms with Crippen LogP contribution in [0.15, 0.2) is 40.3 Å². The second-order valence-corrected chi connectivity index (χ2v) is 40.7. The largest absolute Gasteiger partial charge is 0.481 e. The van der Waals surface area contributed by atoms with Gasteiger partial charge in [0, 0.05) is 216 Å². The number of hydrogen-bond acceptors (Lipinski definition) is 23. The Morgan fingerprint density at radius 1 is 0.575 bits per heavy atom. The predicted molar refractivity (Wildman–Crippen MR) is 498 cm³/mol. The molecule has 0 aliphatic carbocycles. The number of aliphatic carboxylic acids is 1. The lowest BCUT2D eigenvalue weighted by Gasteiger charge is -2.42. The molecule has 2 bridgehead atoms. The van der Waals surface area contributed by atoms with E-state index in [-0.39, 0.29) is 254 Å². The standard InChI is InChI=1S/C95H150N10O19S3/c1-13-79(109)76(62(8)9)51-86(116)73(41-61(6)7)54-126-37-31-90(120)103-56-102-57-104(58-103)91(121)32-38-127-55-74(50-82(112)68(28-29-92(122)123)44-75(108)26-18-15-20-33-100-94(96)97)81(111)42-63(10)80(110)46-69(39-59(2)3)83(113)47-70(40-60(4)5)84(114)48-71(43-66-23-16-14-17-24-66)93(124)105-35-22-27-78(105)88(118)45-67(25-19-21-34-101-95(98)99)85(115)52-77(65(12)107)87(117)49-72(64(11)106)53-125-36-30-89(102)119/h14,16-17,23-24,59-63,65,67-74,76-78,107H,13,15,18-22,25-58H2,1-12H3,(H,122,123)(H4,96,97,100)(H4,98,99,101)/t63-,65?,67-,68+,69-,70-,71-,72+,73+,74+,76+,77+,78+/m0/s1. The van der Waals surface area contributed by atoms with Crippen molar-refractivity contribution in [1.82, 2.24) is 19.6 Å². The lowest BCUT2D eigenvalue weighted by molar-refractivity contribution is -0.158. The Balaban J connectivity index is 1.83. The summed E-state index contributed by atoms with van der Waals surface area (Å²) in [6, 6.07) is 8.10. The third-order valence-corrected chi connectivity index (χ3v) is 28.0. The number of nitrogens with two attached hydrogens (primary N) is 4. The summed E-state index contributed by atoms with van der Waals surface area (Å²) in [6.07, 6.45) is -0.679. The van der Waals surface area contributed by atoms with E-state index >= 15 is 24.0 Å². The van der Waals surface area contributed by atoms with Crippen molar-refractivity contribution in [3.63, 3.8) is 0 Å². The van der Waals surface area contributed by atoms with E-state index in [1.165, 1.54) is 57.0 Å². The summed E-state index contributed by atoms with van der Waals surface area (Å²) < 4.78 is 0.